The van der Waals surface area contributed by atoms with Gasteiger partial charge in [0.25, 0.3) is 0 Å². The molecule has 0 aromatic carbocycles. The Morgan fingerprint density at radius 1 is 0.967 bits per heavy atom. The average molecular weight is 598 g/mol. The Hall–Kier alpha value is -0.720. The number of rotatable bonds is 10. The van der Waals surface area contributed by atoms with Gasteiger partial charge in [-0.15, -0.1) is 0 Å². The number of sulfone groups is 2. The zero-order valence-electron chi connectivity index (χ0n) is 18.0. The Kier molecular flexibility index (Phi) is 13.0. The molecule has 2 atom stereocenters. The predicted octanol–water partition coefficient (Wildman–Crippen LogP) is 3.36. The lowest BCUT2D eigenvalue weighted by molar-refractivity contribution is -0.153. The molecule has 0 fully saturated rings. The summed E-state index contributed by atoms with van der Waals surface area (Å²) < 4.78 is 54.7. The van der Waals surface area contributed by atoms with E-state index in [2.05, 4.69) is 49.8 Å². The molecule has 0 radical (unpaired) electrons. The van der Waals surface area contributed by atoms with Gasteiger partial charge in [0.15, 0.2) is 19.7 Å². The summed E-state index contributed by atoms with van der Waals surface area (Å²) in [5.41, 5.74) is -1.19. The highest BCUT2D eigenvalue weighted by Gasteiger charge is 2.42. The molecule has 0 aliphatic rings. The second-order valence-electron chi connectivity index (χ2n) is 7.27. The first-order valence-electron chi connectivity index (χ1n) is 8.53. The Morgan fingerprint density at radius 2 is 1.40 bits per heavy atom. The van der Waals surface area contributed by atoms with Crippen molar-refractivity contribution in [3.63, 3.8) is 0 Å². The summed E-state index contributed by atoms with van der Waals surface area (Å²) in [6, 6.07) is 0. The SMILES string of the molecule is C=CS(=O)(=O)CC(CC(Br)S(=O)(=O)C=C)C(C)(C)C(=O)OC.COC(=O)C(C)(C)Br. The molecule has 0 aromatic heterocycles. The van der Waals surface area contributed by atoms with Gasteiger partial charge < -0.3 is 9.47 Å². The number of methoxy groups -OCH3 is 2. The molecule has 2 unspecified atom stereocenters. The Bertz CT molecular complexity index is 825. The van der Waals surface area contributed by atoms with Crippen molar-refractivity contribution in [2.45, 2.75) is 42.6 Å². The van der Waals surface area contributed by atoms with Gasteiger partial charge in [-0.1, -0.05) is 45.0 Å². The highest BCUT2D eigenvalue weighted by atomic mass is 79.9. The van der Waals surface area contributed by atoms with Crippen molar-refractivity contribution in [2.75, 3.05) is 20.0 Å². The molecule has 0 aliphatic heterocycles. The number of alkyl halides is 2. The fourth-order valence-electron chi connectivity index (χ4n) is 2.05. The van der Waals surface area contributed by atoms with Gasteiger partial charge in [0, 0.05) is 10.8 Å². The Labute approximate surface area is 196 Å². The molecule has 0 heterocycles. The van der Waals surface area contributed by atoms with Crippen LogP contribution in [0.15, 0.2) is 24.0 Å². The van der Waals surface area contributed by atoms with Crippen molar-refractivity contribution in [2.24, 2.45) is 11.3 Å². The van der Waals surface area contributed by atoms with Crippen molar-refractivity contribution in [3.8, 4) is 0 Å². The van der Waals surface area contributed by atoms with Crippen LogP contribution < -0.4 is 0 Å². The number of carbonyl (C=O) groups is 2. The lowest BCUT2D eigenvalue weighted by Crippen LogP contribution is -2.39. The molecule has 0 saturated heterocycles. The van der Waals surface area contributed by atoms with Crippen LogP contribution in [0.5, 0.6) is 0 Å². The minimum absolute atomic E-state index is 0.0937. The van der Waals surface area contributed by atoms with E-state index in [-0.39, 0.29) is 12.4 Å². The van der Waals surface area contributed by atoms with E-state index < -0.39 is 51.2 Å². The highest BCUT2D eigenvalue weighted by molar-refractivity contribution is 9.11. The number of ether oxygens (including phenoxy) is 2. The first-order chi connectivity index (χ1) is 13.3. The molecule has 12 heteroatoms. The van der Waals surface area contributed by atoms with Crippen LogP contribution >= 0.6 is 31.9 Å². The fraction of sp³-hybridized carbons (Fsp3) is 0.667. The monoisotopic (exact) mass is 596 g/mol. The lowest BCUT2D eigenvalue weighted by Gasteiger charge is -2.32. The summed E-state index contributed by atoms with van der Waals surface area (Å²) in [5.74, 6) is -2.07. The van der Waals surface area contributed by atoms with Crippen molar-refractivity contribution >= 4 is 63.5 Å². The van der Waals surface area contributed by atoms with Crippen molar-refractivity contribution < 1.29 is 35.9 Å². The van der Waals surface area contributed by atoms with E-state index in [1.165, 1.54) is 28.1 Å². The zero-order chi connectivity index (χ0) is 24.6. The minimum atomic E-state index is -3.64. The molecule has 0 spiro atoms. The molecule has 0 N–H and O–H groups in total. The van der Waals surface area contributed by atoms with Gasteiger partial charge in [0.2, 0.25) is 0 Å². The third kappa shape index (κ3) is 10.5. The van der Waals surface area contributed by atoms with Crippen LogP contribution in [-0.4, -0.2) is 57.2 Å². The van der Waals surface area contributed by atoms with Crippen LogP contribution in [0.25, 0.3) is 0 Å². The van der Waals surface area contributed by atoms with Crippen LogP contribution in [-0.2, 0) is 38.7 Å². The van der Waals surface area contributed by atoms with Crippen LogP contribution in [0.1, 0.15) is 34.1 Å². The molecule has 0 amide bonds. The zero-order valence-corrected chi connectivity index (χ0v) is 22.8. The molecule has 0 bridgehead atoms. The smallest absolute Gasteiger partial charge is 0.322 e. The largest absolute Gasteiger partial charge is 0.469 e. The van der Waals surface area contributed by atoms with Crippen LogP contribution in [0.2, 0.25) is 0 Å². The number of hydrogen-bond acceptors (Lipinski definition) is 8. The normalized spacial score (nSPS) is 14.4. The molecule has 30 heavy (non-hydrogen) atoms. The van der Waals surface area contributed by atoms with Crippen LogP contribution in [0.3, 0.4) is 0 Å². The predicted molar refractivity (Wildman–Crippen MR) is 125 cm³/mol. The summed E-state index contributed by atoms with van der Waals surface area (Å²) in [5, 5.41) is 1.58. The quantitative estimate of drug-likeness (QED) is 0.278. The number of esters is 2. The number of carbonyl (C=O) groups excluding carboxylic acids is 2. The van der Waals surface area contributed by atoms with Crippen molar-refractivity contribution in [1.82, 2.24) is 0 Å². The van der Waals surface area contributed by atoms with Gasteiger partial charge >= 0.3 is 11.9 Å². The third-order valence-electron chi connectivity index (χ3n) is 4.15. The van der Waals surface area contributed by atoms with Gasteiger partial charge in [-0.25, -0.2) is 16.8 Å². The first kappa shape index (κ1) is 31.5. The van der Waals surface area contributed by atoms with Gasteiger partial charge in [-0.05, 0) is 40.0 Å². The molecular formula is C18H30Br2O8S2. The van der Waals surface area contributed by atoms with E-state index in [4.69, 9.17) is 4.74 Å². The second kappa shape index (κ2) is 12.4. The van der Waals surface area contributed by atoms with Crippen molar-refractivity contribution in [1.29, 1.82) is 0 Å². The Morgan fingerprint density at radius 3 is 1.67 bits per heavy atom. The maximum absolute atomic E-state index is 11.9. The van der Waals surface area contributed by atoms with Gasteiger partial charge in [-0.2, -0.15) is 0 Å². The summed E-state index contributed by atoms with van der Waals surface area (Å²) >= 11 is 6.15. The van der Waals surface area contributed by atoms with Crippen LogP contribution in [0, 0.1) is 11.3 Å². The van der Waals surface area contributed by atoms with E-state index in [9.17, 15) is 26.4 Å². The summed E-state index contributed by atoms with van der Waals surface area (Å²) in [6.07, 6.45) is -0.0937. The fourth-order valence-corrected chi connectivity index (χ4v) is 5.08. The molecule has 0 aromatic rings. The first-order valence-corrected chi connectivity index (χ1v) is 13.6. The second-order valence-corrected chi connectivity index (χ2v) is 15.0. The number of halogens is 2. The van der Waals surface area contributed by atoms with Gasteiger partial charge in [0.05, 0.1) is 25.4 Å². The molecule has 8 nitrogen and oxygen atoms in total. The van der Waals surface area contributed by atoms with E-state index in [0.29, 0.717) is 0 Å². The van der Waals surface area contributed by atoms with Crippen LogP contribution in [0.4, 0.5) is 0 Å². The van der Waals surface area contributed by atoms with Gasteiger partial charge in [0.1, 0.15) is 8.48 Å². The van der Waals surface area contributed by atoms with E-state index in [1.807, 2.05) is 0 Å². The minimum Gasteiger partial charge on any atom is -0.469 e. The molecule has 0 aliphatic carbocycles. The lowest BCUT2D eigenvalue weighted by atomic mass is 9.78. The van der Waals surface area contributed by atoms with Gasteiger partial charge in [-0.3, -0.25) is 9.59 Å². The van der Waals surface area contributed by atoms with E-state index >= 15 is 0 Å². The standard InChI is InChI=1S/C13H21BrO6S2.C5H9BrO2/c1-6-21(16,17)9-10(13(3,4)12(15)20-5)8-11(14)22(18,19)7-2;1-5(2,6)4(7)8-3/h6-7,10-11H,1-2,8-9H2,3-5H3;1-3H3. The van der Waals surface area contributed by atoms with E-state index in [0.717, 1.165) is 10.8 Å². The topological polar surface area (TPSA) is 121 Å². The molecule has 0 rings (SSSR count). The average Bonchev–Trinajstić information content (AvgIpc) is 2.65. The summed E-state index contributed by atoms with van der Waals surface area (Å²) in [4.78, 5) is 22.5. The third-order valence-corrected chi connectivity index (χ3v) is 9.15. The molecule has 0 saturated carbocycles. The summed E-state index contributed by atoms with van der Waals surface area (Å²) in [6.45, 7) is 12.9. The Balaban J connectivity index is 0. The maximum atomic E-state index is 11.9. The number of hydrogen-bond donors (Lipinski definition) is 0. The van der Waals surface area contributed by atoms with Crippen molar-refractivity contribution in [3.05, 3.63) is 24.0 Å². The van der Waals surface area contributed by atoms with E-state index in [1.54, 1.807) is 13.8 Å². The molecular weight excluding hydrogens is 568 g/mol. The molecule has 176 valence electrons. The maximum Gasteiger partial charge on any atom is 0.322 e. The highest BCUT2D eigenvalue weighted by Crippen LogP contribution is 2.36. The summed E-state index contributed by atoms with van der Waals surface area (Å²) in [7, 11) is -4.71.